The number of carbonyl (C=O) groups is 1. The maximum atomic E-state index is 12.4. The fraction of sp³-hybridized carbons (Fsp3) is 0.267. The third-order valence-electron chi connectivity index (χ3n) is 2.83. The van der Waals surface area contributed by atoms with E-state index in [-0.39, 0.29) is 5.91 Å². The van der Waals surface area contributed by atoms with Gasteiger partial charge in [0.05, 0.1) is 19.1 Å². The molecular formula is C15H17NO3. The molecule has 0 atom stereocenters. The van der Waals surface area contributed by atoms with E-state index in [4.69, 9.17) is 9.15 Å². The van der Waals surface area contributed by atoms with Gasteiger partial charge in [0.15, 0.2) is 0 Å². The van der Waals surface area contributed by atoms with Crippen molar-refractivity contribution in [3.8, 4) is 0 Å². The minimum absolute atomic E-state index is 0.00106. The van der Waals surface area contributed by atoms with Gasteiger partial charge in [-0.25, -0.2) is 0 Å². The van der Waals surface area contributed by atoms with Gasteiger partial charge in [-0.1, -0.05) is 18.2 Å². The van der Waals surface area contributed by atoms with Crippen LogP contribution in [0.3, 0.4) is 0 Å². The Labute approximate surface area is 112 Å². The smallest absolute Gasteiger partial charge is 0.254 e. The van der Waals surface area contributed by atoms with Crippen LogP contribution in [0.1, 0.15) is 15.9 Å². The maximum Gasteiger partial charge on any atom is 0.254 e. The van der Waals surface area contributed by atoms with Crippen LogP contribution in [0.25, 0.3) is 0 Å². The first-order chi connectivity index (χ1) is 9.31. The highest BCUT2D eigenvalue weighted by molar-refractivity contribution is 5.94. The fourth-order valence-electron chi connectivity index (χ4n) is 1.82. The van der Waals surface area contributed by atoms with Gasteiger partial charge in [-0.2, -0.15) is 0 Å². The van der Waals surface area contributed by atoms with E-state index >= 15 is 0 Å². The van der Waals surface area contributed by atoms with Crippen LogP contribution >= 0.6 is 0 Å². The normalized spacial score (nSPS) is 10.4. The second kappa shape index (κ2) is 6.75. The summed E-state index contributed by atoms with van der Waals surface area (Å²) >= 11 is 0. The second-order valence-electron chi connectivity index (χ2n) is 4.22. The average molecular weight is 259 g/mol. The zero-order chi connectivity index (χ0) is 13.5. The number of hydrogen-bond acceptors (Lipinski definition) is 3. The predicted octanol–water partition coefficient (Wildman–Crippen LogP) is 2.57. The van der Waals surface area contributed by atoms with E-state index in [1.165, 1.54) is 0 Å². The van der Waals surface area contributed by atoms with E-state index in [1.54, 1.807) is 24.5 Å². The summed E-state index contributed by atoms with van der Waals surface area (Å²) in [6.07, 6.45) is 3.26. The number of nitrogens with zero attached hydrogens (tertiary/aromatic N) is 1. The van der Waals surface area contributed by atoms with Crippen molar-refractivity contribution in [1.82, 2.24) is 4.90 Å². The summed E-state index contributed by atoms with van der Waals surface area (Å²) in [7, 11) is 1.63. The quantitative estimate of drug-likeness (QED) is 0.800. The van der Waals surface area contributed by atoms with Gasteiger partial charge < -0.3 is 14.1 Å². The maximum absolute atomic E-state index is 12.4. The van der Waals surface area contributed by atoms with Gasteiger partial charge in [0.25, 0.3) is 5.91 Å². The van der Waals surface area contributed by atoms with Crippen molar-refractivity contribution in [2.75, 3.05) is 20.3 Å². The molecule has 19 heavy (non-hydrogen) atoms. The van der Waals surface area contributed by atoms with Crippen molar-refractivity contribution in [2.24, 2.45) is 0 Å². The Bertz CT molecular complexity index is 493. The molecule has 0 fully saturated rings. The lowest BCUT2D eigenvalue weighted by molar-refractivity contribution is 0.0680. The molecule has 0 radical (unpaired) electrons. The van der Waals surface area contributed by atoms with Crippen LogP contribution in [-0.4, -0.2) is 31.1 Å². The summed E-state index contributed by atoms with van der Waals surface area (Å²) in [6, 6.07) is 11.1. The van der Waals surface area contributed by atoms with E-state index in [0.717, 1.165) is 5.56 Å². The molecule has 100 valence electrons. The molecule has 0 aliphatic carbocycles. The number of carbonyl (C=O) groups excluding carboxylic acids is 1. The molecule has 0 unspecified atom stereocenters. The van der Waals surface area contributed by atoms with Crippen molar-refractivity contribution >= 4 is 5.91 Å². The number of methoxy groups -OCH3 is 1. The van der Waals surface area contributed by atoms with Gasteiger partial charge in [0.2, 0.25) is 0 Å². The van der Waals surface area contributed by atoms with Crippen LogP contribution in [0, 0.1) is 0 Å². The monoisotopic (exact) mass is 259 g/mol. The van der Waals surface area contributed by atoms with Crippen molar-refractivity contribution in [1.29, 1.82) is 0 Å². The first-order valence-corrected chi connectivity index (χ1v) is 6.15. The molecule has 0 aliphatic heterocycles. The van der Waals surface area contributed by atoms with Gasteiger partial charge in [-0.05, 0) is 18.2 Å². The molecular weight excluding hydrogens is 242 g/mol. The number of ether oxygens (including phenoxy) is 1. The lowest BCUT2D eigenvalue weighted by Crippen LogP contribution is -2.33. The molecule has 4 heteroatoms. The van der Waals surface area contributed by atoms with Crippen molar-refractivity contribution < 1.29 is 13.9 Å². The predicted molar refractivity (Wildman–Crippen MR) is 71.8 cm³/mol. The highest BCUT2D eigenvalue weighted by Gasteiger charge is 2.15. The molecule has 0 saturated carbocycles. The molecule has 2 aromatic rings. The first kappa shape index (κ1) is 13.4. The first-order valence-electron chi connectivity index (χ1n) is 6.15. The van der Waals surface area contributed by atoms with E-state index in [0.29, 0.717) is 25.3 Å². The standard InChI is InChI=1S/C15H17NO3/c1-18-10-8-16(11-13-7-9-19-12-13)15(17)14-5-3-2-4-6-14/h2-7,9,12H,8,10-11H2,1H3. The van der Waals surface area contributed by atoms with Gasteiger partial charge in [0, 0.05) is 31.3 Å². The molecule has 2 rings (SSSR count). The number of amides is 1. The molecule has 1 aromatic carbocycles. The molecule has 0 saturated heterocycles. The molecule has 1 amide bonds. The van der Waals surface area contributed by atoms with Crippen LogP contribution in [0.5, 0.6) is 0 Å². The summed E-state index contributed by atoms with van der Waals surface area (Å²) in [5.74, 6) is -0.00106. The Morgan fingerprint density at radius 3 is 2.68 bits per heavy atom. The highest BCUT2D eigenvalue weighted by atomic mass is 16.5. The van der Waals surface area contributed by atoms with Crippen molar-refractivity contribution in [3.63, 3.8) is 0 Å². The number of rotatable bonds is 6. The van der Waals surface area contributed by atoms with E-state index < -0.39 is 0 Å². The number of hydrogen-bond donors (Lipinski definition) is 0. The van der Waals surface area contributed by atoms with Crippen LogP contribution in [0.4, 0.5) is 0 Å². The molecule has 4 nitrogen and oxygen atoms in total. The fourth-order valence-corrected chi connectivity index (χ4v) is 1.82. The Kier molecular flexibility index (Phi) is 4.75. The zero-order valence-electron chi connectivity index (χ0n) is 10.9. The van der Waals surface area contributed by atoms with Gasteiger partial charge in [0.1, 0.15) is 0 Å². The van der Waals surface area contributed by atoms with Crippen molar-refractivity contribution in [3.05, 3.63) is 60.1 Å². The molecule has 0 spiro atoms. The van der Waals surface area contributed by atoms with Crippen LogP contribution in [0.15, 0.2) is 53.3 Å². The van der Waals surface area contributed by atoms with Gasteiger partial charge in [-0.15, -0.1) is 0 Å². The second-order valence-corrected chi connectivity index (χ2v) is 4.22. The SMILES string of the molecule is COCCN(Cc1ccoc1)C(=O)c1ccccc1. The number of benzene rings is 1. The largest absolute Gasteiger partial charge is 0.472 e. The average Bonchev–Trinajstić information content (AvgIpc) is 2.96. The minimum atomic E-state index is -0.00106. The highest BCUT2D eigenvalue weighted by Crippen LogP contribution is 2.10. The Balaban J connectivity index is 2.10. The Morgan fingerprint density at radius 2 is 2.05 bits per heavy atom. The lowest BCUT2D eigenvalue weighted by atomic mass is 10.2. The third kappa shape index (κ3) is 3.69. The lowest BCUT2D eigenvalue weighted by Gasteiger charge is -2.21. The molecule has 0 aliphatic rings. The van der Waals surface area contributed by atoms with Gasteiger partial charge >= 0.3 is 0 Å². The topological polar surface area (TPSA) is 42.7 Å². The van der Waals surface area contributed by atoms with Crippen LogP contribution in [0.2, 0.25) is 0 Å². The summed E-state index contributed by atoms with van der Waals surface area (Å²) in [5.41, 5.74) is 1.66. The van der Waals surface area contributed by atoms with Crippen LogP contribution < -0.4 is 0 Å². The van der Waals surface area contributed by atoms with E-state index in [1.807, 2.05) is 36.4 Å². The molecule has 0 N–H and O–H groups in total. The molecule has 0 bridgehead atoms. The number of furan rings is 1. The Hall–Kier alpha value is -2.07. The molecule has 1 heterocycles. The molecule has 1 aromatic heterocycles. The van der Waals surface area contributed by atoms with E-state index in [9.17, 15) is 4.79 Å². The minimum Gasteiger partial charge on any atom is -0.472 e. The van der Waals surface area contributed by atoms with Gasteiger partial charge in [-0.3, -0.25) is 4.79 Å². The Morgan fingerprint density at radius 1 is 1.26 bits per heavy atom. The van der Waals surface area contributed by atoms with Crippen molar-refractivity contribution in [2.45, 2.75) is 6.54 Å². The summed E-state index contributed by atoms with van der Waals surface area (Å²) in [6.45, 7) is 1.58. The third-order valence-corrected chi connectivity index (χ3v) is 2.83. The van der Waals surface area contributed by atoms with E-state index in [2.05, 4.69) is 0 Å². The van der Waals surface area contributed by atoms with Crippen LogP contribution in [-0.2, 0) is 11.3 Å². The summed E-state index contributed by atoms with van der Waals surface area (Å²) < 4.78 is 10.1. The summed E-state index contributed by atoms with van der Waals surface area (Å²) in [4.78, 5) is 14.2. The zero-order valence-corrected chi connectivity index (χ0v) is 10.9. The summed E-state index contributed by atoms with van der Waals surface area (Å²) in [5, 5.41) is 0.